The van der Waals surface area contributed by atoms with Gasteiger partial charge in [-0.05, 0) is 36.8 Å². The van der Waals surface area contributed by atoms with E-state index in [1.807, 2.05) is 19.1 Å². The summed E-state index contributed by atoms with van der Waals surface area (Å²) in [7, 11) is -3.20. The molecular weight excluding hydrogens is 316 g/mol. The van der Waals surface area contributed by atoms with Crippen LogP contribution in [0.3, 0.4) is 0 Å². The van der Waals surface area contributed by atoms with Gasteiger partial charge in [0.2, 0.25) is 0 Å². The first-order valence-electron chi connectivity index (χ1n) is 7.20. The first-order chi connectivity index (χ1) is 10.8. The molecule has 7 heteroatoms. The van der Waals surface area contributed by atoms with Crippen molar-refractivity contribution in [1.82, 2.24) is 10.6 Å². The molecule has 6 nitrogen and oxygen atoms in total. The number of urea groups is 1. The molecule has 2 amide bonds. The summed E-state index contributed by atoms with van der Waals surface area (Å²) in [6.45, 7) is 2.21. The Labute approximate surface area is 135 Å². The Balaban J connectivity index is 1.80. The number of carbonyl (C=O) groups excluding carboxylic acids is 1. The maximum absolute atomic E-state index is 11.8. The van der Waals surface area contributed by atoms with Gasteiger partial charge in [0.05, 0.1) is 11.2 Å². The summed E-state index contributed by atoms with van der Waals surface area (Å²) in [4.78, 5) is 12.1. The molecule has 2 aromatic rings. The number of hydrogen-bond acceptors (Lipinski definition) is 4. The van der Waals surface area contributed by atoms with E-state index in [1.165, 1.54) is 12.1 Å². The number of furan rings is 1. The largest absolute Gasteiger partial charge is 0.469 e. The molecule has 1 heterocycles. The zero-order valence-corrected chi connectivity index (χ0v) is 13.9. The van der Waals surface area contributed by atoms with Gasteiger partial charge in [-0.15, -0.1) is 0 Å². The van der Waals surface area contributed by atoms with Crippen LogP contribution in [0.4, 0.5) is 4.79 Å². The summed E-state index contributed by atoms with van der Waals surface area (Å²) >= 11 is 0. The van der Waals surface area contributed by atoms with E-state index in [-0.39, 0.29) is 17.0 Å². The maximum Gasteiger partial charge on any atom is 0.315 e. The van der Waals surface area contributed by atoms with E-state index in [2.05, 4.69) is 10.6 Å². The van der Waals surface area contributed by atoms with Crippen molar-refractivity contribution >= 4 is 15.9 Å². The average Bonchev–Trinajstić information content (AvgIpc) is 2.97. The van der Waals surface area contributed by atoms with Crippen molar-refractivity contribution < 1.29 is 17.6 Å². The fourth-order valence-corrected chi connectivity index (χ4v) is 2.72. The van der Waals surface area contributed by atoms with Crippen molar-refractivity contribution in [2.24, 2.45) is 0 Å². The molecule has 0 aliphatic carbocycles. The standard InChI is InChI=1S/C16H20N2O4S/c1-12(10-14-4-3-9-22-14)18-16(19)17-11-13-5-7-15(8-6-13)23(2,20)21/h3-9,12H,10-11H2,1-2H3,(H2,17,18,19)/t12-/m0/s1. The van der Waals surface area contributed by atoms with Crippen molar-refractivity contribution in [2.75, 3.05) is 6.26 Å². The lowest BCUT2D eigenvalue weighted by atomic mass is 10.2. The number of benzene rings is 1. The number of carbonyl (C=O) groups is 1. The predicted octanol–water partition coefficient (Wildman–Crippen LogP) is 2.11. The molecule has 0 saturated heterocycles. The Morgan fingerprint density at radius 2 is 1.91 bits per heavy atom. The molecule has 0 fully saturated rings. The second-order valence-corrected chi connectivity index (χ2v) is 7.44. The normalized spacial score (nSPS) is 12.6. The second-order valence-electron chi connectivity index (χ2n) is 5.43. The van der Waals surface area contributed by atoms with E-state index in [1.54, 1.807) is 18.4 Å². The quantitative estimate of drug-likeness (QED) is 0.845. The van der Waals surface area contributed by atoms with Crippen molar-refractivity contribution in [3.05, 3.63) is 54.0 Å². The number of amides is 2. The highest BCUT2D eigenvalue weighted by atomic mass is 32.2. The molecule has 0 saturated carbocycles. The number of nitrogens with one attached hydrogen (secondary N) is 2. The number of sulfone groups is 1. The van der Waals surface area contributed by atoms with Crippen LogP contribution in [0.1, 0.15) is 18.2 Å². The van der Waals surface area contributed by atoms with E-state index in [0.29, 0.717) is 13.0 Å². The van der Waals surface area contributed by atoms with Gasteiger partial charge >= 0.3 is 6.03 Å². The van der Waals surface area contributed by atoms with Crippen LogP contribution in [0.15, 0.2) is 52.0 Å². The minimum Gasteiger partial charge on any atom is -0.469 e. The molecule has 2 rings (SSSR count). The fraction of sp³-hybridized carbons (Fsp3) is 0.312. The Morgan fingerprint density at radius 1 is 1.22 bits per heavy atom. The first kappa shape index (κ1) is 17.1. The average molecular weight is 336 g/mol. The minimum atomic E-state index is -3.20. The molecule has 1 aromatic heterocycles. The molecule has 1 aromatic carbocycles. The van der Waals surface area contributed by atoms with Crippen molar-refractivity contribution in [1.29, 1.82) is 0 Å². The molecular formula is C16H20N2O4S. The Bertz CT molecular complexity index is 737. The van der Waals surface area contributed by atoms with Crippen LogP contribution in [0.25, 0.3) is 0 Å². The Kier molecular flexibility index (Phi) is 5.44. The van der Waals surface area contributed by atoms with Crippen LogP contribution in [-0.4, -0.2) is 26.7 Å². The highest BCUT2D eigenvalue weighted by Crippen LogP contribution is 2.10. The highest BCUT2D eigenvalue weighted by molar-refractivity contribution is 7.90. The van der Waals surface area contributed by atoms with Crippen LogP contribution in [0, 0.1) is 0 Å². The third kappa shape index (κ3) is 5.45. The van der Waals surface area contributed by atoms with E-state index >= 15 is 0 Å². The summed E-state index contributed by atoms with van der Waals surface area (Å²) < 4.78 is 28.0. The van der Waals surface area contributed by atoms with Crippen LogP contribution < -0.4 is 10.6 Å². The lowest BCUT2D eigenvalue weighted by molar-refractivity contribution is 0.237. The number of rotatable bonds is 6. The molecule has 0 radical (unpaired) electrons. The smallest absolute Gasteiger partial charge is 0.315 e. The molecule has 0 aliphatic heterocycles. The monoisotopic (exact) mass is 336 g/mol. The van der Waals surface area contributed by atoms with Gasteiger partial charge in [0.1, 0.15) is 5.76 Å². The van der Waals surface area contributed by atoms with Crippen molar-refractivity contribution in [2.45, 2.75) is 30.8 Å². The third-order valence-electron chi connectivity index (χ3n) is 3.27. The third-order valence-corrected chi connectivity index (χ3v) is 4.40. The fourth-order valence-electron chi connectivity index (χ4n) is 2.09. The van der Waals surface area contributed by atoms with E-state index in [9.17, 15) is 13.2 Å². The summed E-state index contributed by atoms with van der Waals surface area (Å²) in [6.07, 6.45) is 3.37. The molecule has 0 aliphatic rings. The molecule has 2 N–H and O–H groups in total. The number of hydrogen-bond donors (Lipinski definition) is 2. The van der Waals surface area contributed by atoms with Crippen LogP contribution >= 0.6 is 0 Å². The molecule has 0 bridgehead atoms. The maximum atomic E-state index is 11.8. The summed E-state index contributed by atoms with van der Waals surface area (Å²) in [5.74, 6) is 0.814. The second kappa shape index (κ2) is 7.32. The Hall–Kier alpha value is -2.28. The van der Waals surface area contributed by atoms with Gasteiger partial charge in [-0.25, -0.2) is 13.2 Å². The topological polar surface area (TPSA) is 88.4 Å². The van der Waals surface area contributed by atoms with Gasteiger partial charge in [-0.2, -0.15) is 0 Å². The van der Waals surface area contributed by atoms with Gasteiger partial charge in [0.25, 0.3) is 0 Å². The van der Waals surface area contributed by atoms with E-state index < -0.39 is 9.84 Å². The SMILES string of the molecule is C[C@@H](Cc1ccco1)NC(=O)NCc1ccc(S(C)(=O)=O)cc1. The van der Waals surface area contributed by atoms with Gasteiger partial charge < -0.3 is 15.1 Å². The van der Waals surface area contributed by atoms with Crippen LogP contribution in [0.5, 0.6) is 0 Å². The molecule has 124 valence electrons. The van der Waals surface area contributed by atoms with Crippen molar-refractivity contribution in [3.63, 3.8) is 0 Å². The lowest BCUT2D eigenvalue weighted by Gasteiger charge is -2.13. The minimum absolute atomic E-state index is 0.0613. The van der Waals surface area contributed by atoms with E-state index in [0.717, 1.165) is 17.6 Å². The van der Waals surface area contributed by atoms with Gasteiger partial charge in [0.15, 0.2) is 9.84 Å². The molecule has 1 atom stereocenters. The zero-order chi connectivity index (χ0) is 16.9. The summed E-state index contributed by atoms with van der Waals surface area (Å²) in [6, 6.07) is 9.76. The van der Waals surface area contributed by atoms with Crippen molar-refractivity contribution in [3.8, 4) is 0 Å². The van der Waals surface area contributed by atoms with E-state index in [4.69, 9.17) is 4.42 Å². The lowest BCUT2D eigenvalue weighted by Crippen LogP contribution is -2.41. The summed E-state index contributed by atoms with van der Waals surface area (Å²) in [5, 5.41) is 5.56. The van der Waals surface area contributed by atoms with Crippen LogP contribution in [-0.2, 0) is 22.8 Å². The van der Waals surface area contributed by atoms with Gasteiger partial charge in [-0.1, -0.05) is 12.1 Å². The van der Waals surface area contributed by atoms with Gasteiger partial charge in [0, 0.05) is 25.3 Å². The van der Waals surface area contributed by atoms with Crippen LogP contribution in [0.2, 0.25) is 0 Å². The summed E-state index contributed by atoms with van der Waals surface area (Å²) in [5.41, 5.74) is 0.825. The zero-order valence-electron chi connectivity index (χ0n) is 13.1. The molecule has 0 spiro atoms. The predicted molar refractivity (Wildman–Crippen MR) is 86.8 cm³/mol. The first-order valence-corrected chi connectivity index (χ1v) is 9.09. The highest BCUT2D eigenvalue weighted by Gasteiger charge is 2.10. The molecule has 23 heavy (non-hydrogen) atoms. The Morgan fingerprint density at radius 3 is 2.48 bits per heavy atom. The molecule has 0 unspecified atom stereocenters. The van der Waals surface area contributed by atoms with Gasteiger partial charge in [-0.3, -0.25) is 0 Å².